The van der Waals surface area contributed by atoms with Crippen LogP contribution in [0.4, 0.5) is 4.79 Å². The van der Waals surface area contributed by atoms with Gasteiger partial charge in [-0.25, -0.2) is 4.79 Å². The second-order valence-corrected chi connectivity index (χ2v) is 13.0. The normalized spacial score (nSPS) is 19.0. The van der Waals surface area contributed by atoms with Gasteiger partial charge < -0.3 is 35.0 Å². The van der Waals surface area contributed by atoms with Crippen molar-refractivity contribution in [3.05, 3.63) is 0 Å². The number of nitrogens with one attached hydrogen (secondary N) is 1. The number of hydrogen-bond donors (Lipinski definition) is 5. The van der Waals surface area contributed by atoms with E-state index < -0.39 is 67.4 Å². The summed E-state index contributed by atoms with van der Waals surface area (Å²) in [5, 5.41) is 21.0. The molecule has 15 heteroatoms. The predicted molar refractivity (Wildman–Crippen MR) is 148 cm³/mol. The van der Waals surface area contributed by atoms with Gasteiger partial charge in [-0.05, 0) is 52.4 Å². The number of nitrogens with zero attached hydrogens (tertiary/aromatic N) is 2. The van der Waals surface area contributed by atoms with Gasteiger partial charge in [0.25, 0.3) is 0 Å². The zero-order chi connectivity index (χ0) is 31.8. The Balaban J connectivity index is 3.71. The summed E-state index contributed by atoms with van der Waals surface area (Å²) in [5.74, 6) is -2.74. The molecule has 4 atom stereocenters. The number of aliphatic hydroxyl groups is 1. The third-order valence-electron chi connectivity index (χ3n) is 7.56. The average Bonchev–Trinajstić information content (AvgIpc) is 2.86. The number of unbranched alkanes of at least 4 members (excludes halogenated alkanes) is 2. The number of aliphatic carboxylic acids is 1. The van der Waals surface area contributed by atoms with Crippen LogP contribution in [-0.4, -0.2) is 97.1 Å². The van der Waals surface area contributed by atoms with Crippen LogP contribution in [0.25, 0.3) is 0 Å². The first kappa shape index (κ1) is 36.8. The lowest BCUT2D eigenvalue weighted by Gasteiger charge is -2.53. The van der Waals surface area contributed by atoms with Gasteiger partial charge in [-0.2, -0.15) is 5.06 Å². The second kappa shape index (κ2) is 15.3. The first-order chi connectivity index (χ1) is 18.8. The van der Waals surface area contributed by atoms with Crippen molar-refractivity contribution in [3.8, 4) is 0 Å². The van der Waals surface area contributed by atoms with Crippen LogP contribution in [0.5, 0.6) is 0 Å². The van der Waals surface area contributed by atoms with Crippen molar-refractivity contribution in [2.75, 3.05) is 19.7 Å². The molecule has 0 radical (unpaired) electrons. The molecule has 0 aromatic rings. The molecule has 0 aromatic carbocycles. The SMILES string of the molecule is CCCCCON(C(=O)OC(C)CC(C)C)C(C)C(O)(C1(C(=O)NC(C)C(=O)O)CCN(C(C)=O)CC1)P(=O)(O)O. The fourth-order valence-electron chi connectivity index (χ4n) is 5.22. The van der Waals surface area contributed by atoms with E-state index >= 15 is 0 Å². The van der Waals surface area contributed by atoms with Crippen LogP contribution in [0.2, 0.25) is 0 Å². The number of carboxylic acids is 1. The molecular weight excluding hydrogens is 561 g/mol. The Morgan fingerprint density at radius 2 is 1.63 bits per heavy atom. The second-order valence-electron chi connectivity index (χ2n) is 11.3. The molecule has 1 saturated heterocycles. The lowest BCUT2D eigenvalue weighted by Crippen LogP contribution is -2.69. The number of carbonyl (C=O) groups is 4. The molecule has 14 nitrogen and oxygen atoms in total. The summed E-state index contributed by atoms with van der Waals surface area (Å²) >= 11 is 0. The number of ether oxygens (including phenoxy) is 1. The van der Waals surface area contributed by atoms with Crippen LogP contribution >= 0.6 is 7.60 Å². The highest BCUT2D eigenvalue weighted by Crippen LogP contribution is 2.63. The third-order valence-corrected chi connectivity index (χ3v) is 9.25. The van der Waals surface area contributed by atoms with E-state index in [0.29, 0.717) is 17.9 Å². The van der Waals surface area contributed by atoms with Gasteiger partial charge in [0, 0.05) is 20.0 Å². The highest BCUT2D eigenvalue weighted by atomic mass is 31.2. The van der Waals surface area contributed by atoms with Gasteiger partial charge in [0.1, 0.15) is 18.2 Å². The van der Waals surface area contributed by atoms with Crippen molar-refractivity contribution >= 4 is 31.5 Å². The summed E-state index contributed by atoms with van der Waals surface area (Å²) in [5.41, 5.74) is -2.32. The molecule has 1 aliphatic rings. The minimum absolute atomic E-state index is 0.0452. The number of hydrogen-bond acceptors (Lipinski definition) is 8. The monoisotopic (exact) mass is 609 g/mol. The summed E-state index contributed by atoms with van der Waals surface area (Å²) in [6.45, 7) is 10.7. The molecule has 41 heavy (non-hydrogen) atoms. The van der Waals surface area contributed by atoms with Crippen molar-refractivity contribution < 1.29 is 53.3 Å². The van der Waals surface area contributed by atoms with E-state index in [0.717, 1.165) is 26.7 Å². The van der Waals surface area contributed by atoms with E-state index in [4.69, 9.17) is 9.57 Å². The Kier molecular flexibility index (Phi) is 13.7. The molecule has 0 bridgehead atoms. The Morgan fingerprint density at radius 3 is 2.07 bits per heavy atom. The van der Waals surface area contributed by atoms with E-state index in [-0.39, 0.29) is 31.5 Å². The molecular formula is C26H48N3O11P. The van der Waals surface area contributed by atoms with Crippen LogP contribution in [-0.2, 0) is 28.5 Å². The number of carbonyl (C=O) groups excluding carboxylic acids is 3. The van der Waals surface area contributed by atoms with Crippen molar-refractivity contribution in [2.24, 2.45) is 11.3 Å². The van der Waals surface area contributed by atoms with Crippen molar-refractivity contribution in [3.63, 3.8) is 0 Å². The highest BCUT2D eigenvalue weighted by Gasteiger charge is 2.70. The zero-order valence-electron chi connectivity index (χ0n) is 25.2. The van der Waals surface area contributed by atoms with Gasteiger partial charge in [0.2, 0.25) is 17.2 Å². The minimum Gasteiger partial charge on any atom is -0.480 e. The van der Waals surface area contributed by atoms with Gasteiger partial charge in [-0.3, -0.25) is 23.8 Å². The lowest BCUT2D eigenvalue weighted by molar-refractivity contribution is -0.214. The van der Waals surface area contributed by atoms with Crippen molar-refractivity contribution in [2.45, 2.75) is 111 Å². The molecule has 4 unspecified atom stereocenters. The van der Waals surface area contributed by atoms with Gasteiger partial charge >= 0.3 is 19.7 Å². The highest BCUT2D eigenvalue weighted by molar-refractivity contribution is 7.53. The first-order valence-electron chi connectivity index (χ1n) is 14.1. The first-order valence-corrected chi connectivity index (χ1v) is 15.7. The number of likely N-dealkylation sites (tertiary alicyclic amines) is 1. The Labute approximate surface area is 241 Å². The summed E-state index contributed by atoms with van der Waals surface area (Å²) in [6, 6.07) is -3.32. The molecule has 3 amide bonds. The molecule has 1 aliphatic heterocycles. The number of rotatable bonds is 15. The minimum atomic E-state index is -5.72. The van der Waals surface area contributed by atoms with Gasteiger partial charge in [-0.15, -0.1) is 0 Å². The van der Waals surface area contributed by atoms with Gasteiger partial charge in [0.05, 0.1) is 12.0 Å². The van der Waals surface area contributed by atoms with Crippen LogP contribution in [0.1, 0.15) is 87.0 Å². The molecule has 5 N–H and O–H groups in total. The Morgan fingerprint density at radius 1 is 1.07 bits per heavy atom. The molecule has 0 spiro atoms. The van der Waals surface area contributed by atoms with E-state index in [2.05, 4.69) is 5.32 Å². The fourth-order valence-corrected chi connectivity index (χ4v) is 6.70. The van der Waals surface area contributed by atoms with Crippen molar-refractivity contribution in [1.29, 1.82) is 0 Å². The maximum absolute atomic E-state index is 13.7. The molecule has 0 aliphatic carbocycles. The maximum Gasteiger partial charge on any atom is 0.434 e. The third kappa shape index (κ3) is 8.87. The van der Waals surface area contributed by atoms with E-state index in [9.17, 15) is 43.7 Å². The molecule has 238 valence electrons. The Bertz CT molecular complexity index is 964. The van der Waals surface area contributed by atoms with Crippen LogP contribution in [0.15, 0.2) is 0 Å². The van der Waals surface area contributed by atoms with Crippen LogP contribution in [0, 0.1) is 11.3 Å². The van der Waals surface area contributed by atoms with Crippen LogP contribution < -0.4 is 5.32 Å². The smallest absolute Gasteiger partial charge is 0.434 e. The number of piperidine rings is 1. The summed E-state index contributed by atoms with van der Waals surface area (Å²) in [7, 11) is -5.72. The summed E-state index contributed by atoms with van der Waals surface area (Å²) < 4.78 is 18.7. The number of hydroxylamine groups is 2. The average molecular weight is 610 g/mol. The summed E-state index contributed by atoms with van der Waals surface area (Å²) in [6.07, 6.45) is -0.0661. The fraction of sp³-hybridized carbons (Fsp3) is 0.846. The van der Waals surface area contributed by atoms with Crippen molar-refractivity contribution in [1.82, 2.24) is 15.3 Å². The molecule has 1 rings (SSSR count). The largest absolute Gasteiger partial charge is 0.480 e. The maximum atomic E-state index is 13.7. The quantitative estimate of drug-likeness (QED) is 0.104. The standard InChI is InChI=1S/C26H48N3O11P/c1-8-9-10-15-39-29(24(34)40-18(4)16-17(2)3)20(6)26(35,41(36,37)38)25(23(33)27-19(5)22(31)32)11-13-28(14-12-25)21(7)30/h17-20,35H,8-16H2,1-7H3,(H,27,33)(H,31,32)(H2,36,37,38). The van der Waals surface area contributed by atoms with E-state index in [1.807, 2.05) is 20.8 Å². The molecule has 1 fully saturated rings. The summed E-state index contributed by atoms with van der Waals surface area (Å²) in [4.78, 5) is 79.0. The van der Waals surface area contributed by atoms with Gasteiger partial charge in [-0.1, -0.05) is 33.6 Å². The molecule has 0 saturated carbocycles. The number of carboxylic acid groups (broad SMARTS) is 1. The lowest BCUT2D eigenvalue weighted by atomic mass is 9.69. The van der Waals surface area contributed by atoms with E-state index in [1.165, 1.54) is 11.8 Å². The molecule has 1 heterocycles. The zero-order valence-corrected chi connectivity index (χ0v) is 26.1. The Hall–Kier alpha value is -2.25. The topological polar surface area (TPSA) is 203 Å². The predicted octanol–water partition coefficient (Wildman–Crippen LogP) is 2.45. The van der Waals surface area contributed by atoms with E-state index in [1.54, 1.807) is 6.92 Å². The number of amides is 3. The molecule has 0 aromatic heterocycles. The van der Waals surface area contributed by atoms with Crippen LogP contribution in [0.3, 0.4) is 0 Å². The van der Waals surface area contributed by atoms with Gasteiger partial charge in [0.15, 0.2) is 0 Å².